The molecule has 0 spiro atoms. The lowest BCUT2D eigenvalue weighted by Crippen LogP contribution is -2.47. The first kappa shape index (κ1) is 23.5. The fourth-order valence-electron chi connectivity index (χ4n) is 5.63. The fraction of sp³-hybridized carbons (Fsp3) is 0.407. The van der Waals surface area contributed by atoms with E-state index in [0.717, 1.165) is 24.2 Å². The third kappa shape index (κ3) is 4.10. The number of hydrogen-bond donors (Lipinski definition) is 1. The number of imidazole rings is 1. The van der Waals surface area contributed by atoms with Crippen LogP contribution in [0.3, 0.4) is 0 Å². The van der Waals surface area contributed by atoms with Crippen molar-refractivity contribution in [3.8, 4) is 11.4 Å². The summed E-state index contributed by atoms with van der Waals surface area (Å²) in [6.45, 7) is 3.43. The fourth-order valence-corrected chi connectivity index (χ4v) is 5.63. The van der Waals surface area contributed by atoms with E-state index in [1.807, 2.05) is 23.8 Å². The Morgan fingerprint density at radius 1 is 1.11 bits per heavy atom. The summed E-state index contributed by atoms with van der Waals surface area (Å²) in [6, 6.07) is 7.96. The van der Waals surface area contributed by atoms with Gasteiger partial charge in [0.25, 0.3) is 0 Å². The largest absolute Gasteiger partial charge is 0.495 e. The second-order valence-corrected chi connectivity index (χ2v) is 9.61. The van der Waals surface area contributed by atoms with Crippen molar-refractivity contribution in [2.24, 2.45) is 5.92 Å². The van der Waals surface area contributed by atoms with E-state index in [0.29, 0.717) is 29.7 Å². The number of piperidine rings is 1. The predicted molar refractivity (Wildman–Crippen MR) is 126 cm³/mol. The highest BCUT2D eigenvalue weighted by molar-refractivity contribution is 5.81. The number of nitrogens with zero attached hydrogens (tertiary/aromatic N) is 3. The molecule has 1 N–H and O–H groups in total. The third-order valence-corrected chi connectivity index (χ3v) is 7.42. The van der Waals surface area contributed by atoms with E-state index in [9.17, 15) is 18.7 Å². The average Bonchev–Trinajstić information content (AvgIpc) is 3.48. The lowest BCUT2D eigenvalue weighted by Gasteiger charge is -2.40. The first-order valence-corrected chi connectivity index (χ1v) is 11.9. The van der Waals surface area contributed by atoms with Gasteiger partial charge < -0.3 is 19.3 Å². The van der Waals surface area contributed by atoms with Crippen molar-refractivity contribution in [1.82, 2.24) is 14.5 Å². The average molecular weight is 482 g/mol. The van der Waals surface area contributed by atoms with Gasteiger partial charge in [-0.05, 0) is 74.4 Å². The highest BCUT2D eigenvalue weighted by Crippen LogP contribution is 2.45. The van der Waals surface area contributed by atoms with E-state index in [1.165, 1.54) is 13.0 Å². The topological polar surface area (TPSA) is 67.6 Å². The maximum atomic E-state index is 14.1. The Kier molecular flexibility index (Phi) is 6.09. The van der Waals surface area contributed by atoms with Crippen LogP contribution in [0.25, 0.3) is 5.69 Å². The van der Waals surface area contributed by atoms with E-state index in [4.69, 9.17) is 4.74 Å². The molecular weight excluding hydrogens is 452 g/mol. The van der Waals surface area contributed by atoms with Crippen LogP contribution in [0.2, 0.25) is 0 Å². The van der Waals surface area contributed by atoms with Crippen molar-refractivity contribution in [2.75, 3.05) is 7.11 Å². The summed E-state index contributed by atoms with van der Waals surface area (Å²) in [6.07, 6.45) is 5.39. The van der Waals surface area contributed by atoms with Crippen molar-refractivity contribution in [2.45, 2.75) is 57.7 Å². The molecule has 184 valence electrons. The molecule has 8 heteroatoms. The third-order valence-electron chi connectivity index (χ3n) is 7.42. The molecule has 0 bridgehead atoms. The van der Waals surface area contributed by atoms with Crippen molar-refractivity contribution < 1.29 is 23.4 Å². The Balaban J connectivity index is 1.42. The van der Waals surface area contributed by atoms with Crippen LogP contribution in [0.15, 0.2) is 42.9 Å². The van der Waals surface area contributed by atoms with Crippen LogP contribution in [0.5, 0.6) is 5.75 Å². The van der Waals surface area contributed by atoms with Crippen LogP contribution in [0.1, 0.15) is 60.2 Å². The number of fused-ring (bicyclic) bond motifs is 1. The molecule has 3 aromatic rings. The zero-order chi connectivity index (χ0) is 24.9. The number of ether oxygens (including phenoxy) is 1. The van der Waals surface area contributed by atoms with Gasteiger partial charge in [-0.15, -0.1) is 0 Å². The molecule has 5 rings (SSSR count). The minimum atomic E-state index is -1.01. The molecule has 1 aromatic heterocycles. The van der Waals surface area contributed by atoms with E-state index < -0.39 is 23.7 Å². The predicted octanol–water partition coefficient (Wildman–Crippen LogP) is 4.95. The molecule has 3 heterocycles. The number of hydrogen-bond acceptors (Lipinski definition) is 4. The maximum absolute atomic E-state index is 14.1. The number of halogens is 2. The molecule has 0 radical (unpaired) electrons. The Bertz CT molecular complexity index is 1250. The molecule has 2 fully saturated rings. The van der Waals surface area contributed by atoms with Gasteiger partial charge >= 0.3 is 0 Å². The molecule has 4 atom stereocenters. The van der Waals surface area contributed by atoms with Gasteiger partial charge in [-0.25, -0.2) is 13.8 Å². The molecule has 2 aliphatic rings. The van der Waals surface area contributed by atoms with Gasteiger partial charge in [0.15, 0.2) is 11.6 Å². The zero-order valence-corrected chi connectivity index (χ0v) is 20.0. The van der Waals surface area contributed by atoms with E-state index in [2.05, 4.69) is 4.98 Å². The molecule has 35 heavy (non-hydrogen) atoms. The number of methoxy groups -OCH3 is 1. The SMILES string of the molecule is COc1cc(C(O)C2CCC3CCC(c4cc(C)c(F)c(F)c4)N3C2=O)ccc1-n1cnc(C)c1. The van der Waals surface area contributed by atoms with E-state index >= 15 is 0 Å². The smallest absolute Gasteiger partial charge is 0.229 e. The van der Waals surface area contributed by atoms with E-state index in [1.54, 1.807) is 36.5 Å². The Hall–Kier alpha value is -3.26. The van der Waals surface area contributed by atoms with Crippen molar-refractivity contribution in [3.63, 3.8) is 0 Å². The molecule has 2 aliphatic heterocycles. The number of aliphatic hydroxyl groups excluding tert-OH is 1. The van der Waals surface area contributed by atoms with Gasteiger partial charge in [0, 0.05) is 12.2 Å². The van der Waals surface area contributed by atoms with Crippen molar-refractivity contribution in [3.05, 3.63) is 76.9 Å². The molecule has 0 saturated carbocycles. The number of aromatic nitrogens is 2. The molecule has 0 aliphatic carbocycles. The standard InChI is InChI=1S/C27H29F2N3O3/c1-15-10-18(11-21(28)25(15)29)22-9-6-19-5-7-20(27(34)32(19)22)26(33)17-4-8-23(24(12-17)35-3)31-13-16(2)30-14-31/h4,8,10-14,19-20,22,26,33H,5-7,9H2,1-3H3. The summed E-state index contributed by atoms with van der Waals surface area (Å²) in [5, 5.41) is 11.3. The molecule has 2 aromatic carbocycles. The minimum absolute atomic E-state index is 0.0470. The molecule has 2 saturated heterocycles. The van der Waals surface area contributed by atoms with Gasteiger partial charge in [-0.1, -0.05) is 12.1 Å². The van der Waals surface area contributed by atoms with Crippen LogP contribution < -0.4 is 4.74 Å². The highest BCUT2D eigenvalue weighted by Gasteiger charge is 2.46. The lowest BCUT2D eigenvalue weighted by molar-refractivity contribution is -0.147. The monoisotopic (exact) mass is 481 g/mol. The van der Waals surface area contributed by atoms with Crippen LogP contribution in [0.4, 0.5) is 8.78 Å². The van der Waals surface area contributed by atoms with Crippen LogP contribution in [-0.2, 0) is 4.79 Å². The highest BCUT2D eigenvalue weighted by atomic mass is 19.2. The molecular formula is C27H29F2N3O3. The number of rotatable bonds is 5. The summed E-state index contributed by atoms with van der Waals surface area (Å²) in [4.78, 5) is 19.7. The number of carbonyl (C=O) groups is 1. The number of benzene rings is 2. The summed E-state index contributed by atoms with van der Waals surface area (Å²) in [7, 11) is 1.56. The van der Waals surface area contributed by atoms with Crippen molar-refractivity contribution >= 4 is 5.91 Å². The second-order valence-electron chi connectivity index (χ2n) is 9.61. The molecule has 1 amide bonds. The summed E-state index contributed by atoms with van der Waals surface area (Å²) < 4.78 is 35.4. The second kappa shape index (κ2) is 9.07. The van der Waals surface area contributed by atoms with Gasteiger partial charge in [0.1, 0.15) is 5.75 Å². The van der Waals surface area contributed by atoms with Gasteiger partial charge in [0.05, 0.1) is 42.9 Å². The number of aliphatic hydroxyl groups is 1. The van der Waals surface area contributed by atoms with Gasteiger partial charge in [-0.2, -0.15) is 0 Å². The van der Waals surface area contributed by atoms with Crippen LogP contribution in [-0.4, -0.2) is 38.6 Å². The van der Waals surface area contributed by atoms with Crippen LogP contribution in [0, 0.1) is 31.4 Å². The maximum Gasteiger partial charge on any atom is 0.229 e. The Labute approximate surface area is 203 Å². The first-order valence-electron chi connectivity index (χ1n) is 11.9. The summed E-state index contributed by atoms with van der Waals surface area (Å²) in [5.41, 5.74) is 3.08. The van der Waals surface area contributed by atoms with Gasteiger partial charge in [-0.3, -0.25) is 4.79 Å². The van der Waals surface area contributed by atoms with Crippen LogP contribution >= 0.6 is 0 Å². The Morgan fingerprint density at radius 2 is 1.89 bits per heavy atom. The Morgan fingerprint density at radius 3 is 2.57 bits per heavy atom. The number of amides is 1. The van der Waals surface area contributed by atoms with Gasteiger partial charge in [0.2, 0.25) is 5.91 Å². The minimum Gasteiger partial charge on any atom is -0.495 e. The summed E-state index contributed by atoms with van der Waals surface area (Å²) in [5.74, 6) is -1.96. The lowest BCUT2D eigenvalue weighted by atomic mass is 9.85. The quantitative estimate of drug-likeness (QED) is 0.560. The summed E-state index contributed by atoms with van der Waals surface area (Å²) >= 11 is 0. The number of aryl methyl sites for hydroxylation is 2. The van der Waals surface area contributed by atoms with E-state index in [-0.39, 0.29) is 23.6 Å². The first-order chi connectivity index (χ1) is 16.8. The normalized spacial score (nSPS) is 22.9. The number of carbonyl (C=O) groups excluding carboxylic acids is 1. The zero-order valence-electron chi connectivity index (χ0n) is 20.0. The van der Waals surface area contributed by atoms with Crippen molar-refractivity contribution in [1.29, 1.82) is 0 Å². The molecule has 4 unspecified atom stereocenters. The molecule has 6 nitrogen and oxygen atoms in total.